The molecule has 1 saturated heterocycles. The molecule has 0 amide bonds. The molecule has 1 aliphatic carbocycles. The van der Waals surface area contributed by atoms with Gasteiger partial charge in [-0.05, 0) is 43.7 Å². The van der Waals surface area contributed by atoms with Gasteiger partial charge in [0.1, 0.15) is 0 Å². The van der Waals surface area contributed by atoms with Crippen molar-refractivity contribution in [2.45, 2.75) is 31.7 Å². The van der Waals surface area contributed by atoms with Crippen molar-refractivity contribution in [3.8, 4) is 6.07 Å². The van der Waals surface area contributed by atoms with Gasteiger partial charge in [0.25, 0.3) is 17.4 Å². The number of nitriles is 1. The molecule has 11 nitrogen and oxygen atoms in total. The molecule has 12 heteroatoms. The number of piperidine rings is 1. The number of anilines is 4. The Labute approximate surface area is 213 Å². The quantitative estimate of drug-likeness (QED) is 0.338. The Balaban J connectivity index is 1.45. The summed E-state index contributed by atoms with van der Waals surface area (Å²) in [6.07, 6.45) is 5.16. The van der Waals surface area contributed by atoms with E-state index in [1.54, 1.807) is 12.1 Å². The topological polar surface area (TPSA) is 139 Å². The third-order valence-electron chi connectivity index (χ3n) is 6.82. The molecule has 1 aliphatic heterocycles. The first-order valence-corrected chi connectivity index (χ1v) is 12.3. The summed E-state index contributed by atoms with van der Waals surface area (Å²) in [5.41, 5.74) is 2.12. The molecular formula is C24H26ClN9O2. The summed E-state index contributed by atoms with van der Waals surface area (Å²) in [5, 5.41) is 40.1. The molecule has 4 N–H and O–H groups in total. The highest BCUT2D eigenvalue weighted by Gasteiger charge is 2.28. The van der Waals surface area contributed by atoms with Crippen molar-refractivity contribution in [2.75, 3.05) is 41.8 Å². The lowest BCUT2D eigenvalue weighted by Gasteiger charge is -2.37. The van der Waals surface area contributed by atoms with Crippen LogP contribution in [0.2, 0.25) is 5.02 Å². The second kappa shape index (κ2) is 10.2. The lowest BCUT2D eigenvalue weighted by molar-refractivity contribution is 0.0947. The smallest absolute Gasteiger partial charge is 0.275 e. The van der Waals surface area contributed by atoms with Crippen LogP contribution in [-0.4, -0.2) is 62.1 Å². The van der Waals surface area contributed by atoms with Gasteiger partial charge in [-0.1, -0.05) is 23.3 Å². The minimum absolute atomic E-state index is 0.0338. The van der Waals surface area contributed by atoms with Crippen molar-refractivity contribution in [3.05, 3.63) is 40.3 Å². The fraction of sp³-hybridized carbons (Fsp3) is 0.458. The van der Waals surface area contributed by atoms with E-state index in [0.29, 0.717) is 46.9 Å². The number of fused-ring (bicyclic) bond motifs is 1. The van der Waals surface area contributed by atoms with Crippen LogP contribution in [0.4, 0.5) is 29.0 Å². The molecule has 186 valence electrons. The standard InChI is InChI=1S/C24H26ClN9O2/c1-27-20-11-28-23-22(29-17-2-3-17)31-24(32-34(20)23)30-18-8-14(10-26)9-19(21(18)25)33-6-4-15(5-7-33)16(12-35)13-36/h8-9,11,15-17,35-36H,2-7,12-13H2,(H2,29,30,31,32). The van der Waals surface area contributed by atoms with Gasteiger partial charge >= 0.3 is 0 Å². The predicted octanol–water partition coefficient (Wildman–Crippen LogP) is 3.34. The molecule has 1 saturated carbocycles. The number of aromatic nitrogens is 4. The highest BCUT2D eigenvalue weighted by molar-refractivity contribution is 6.36. The second-order valence-electron chi connectivity index (χ2n) is 9.21. The van der Waals surface area contributed by atoms with E-state index < -0.39 is 0 Å². The molecule has 0 radical (unpaired) electrons. The van der Waals surface area contributed by atoms with Crippen molar-refractivity contribution in [2.24, 2.45) is 11.8 Å². The fourth-order valence-electron chi connectivity index (χ4n) is 4.60. The first-order chi connectivity index (χ1) is 17.5. The summed E-state index contributed by atoms with van der Waals surface area (Å²) >= 11 is 6.83. The molecule has 0 unspecified atom stereocenters. The van der Waals surface area contributed by atoms with E-state index in [1.807, 2.05) is 0 Å². The zero-order valence-electron chi connectivity index (χ0n) is 19.5. The summed E-state index contributed by atoms with van der Waals surface area (Å²) in [5.74, 6) is 1.13. The van der Waals surface area contributed by atoms with Crippen LogP contribution in [0.5, 0.6) is 0 Å². The number of nitrogens with zero attached hydrogens (tertiary/aromatic N) is 7. The Morgan fingerprint density at radius 2 is 1.97 bits per heavy atom. The van der Waals surface area contributed by atoms with E-state index in [0.717, 1.165) is 31.4 Å². The molecule has 2 fully saturated rings. The van der Waals surface area contributed by atoms with Gasteiger partial charge in [0.2, 0.25) is 0 Å². The maximum absolute atomic E-state index is 9.67. The minimum atomic E-state index is -0.126. The first-order valence-electron chi connectivity index (χ1n) is 11.9. The molecule has 1 aromatic carbocycles. The third-order valence-corrected chi connectivity index (χ3v) is 7.22. The van der Waals surface area contributed by atoms with Gasteiger partial charge in [-0.2, -0.15) is 10.2 Å². The molecule has 36 heavy (non-hydrogen) atoms. The maximum atomic E-state index is 9.67. The summed E-state index contributed by atoms with van der Waals surface area (Å²) in [4.78, 5) is 14.5. The summed E-state index contributed by atoms with van der Waals surface area (Å²) < 4.78 is 1.44. The van der Waals surface area contributed by atoms with Gasteiger partial charge in [0, 0.05) is 38.3 Å². The van der Waals surface area contributed by atoms with E-state index in [4.69, 9.17) is 18.2 Å². The second-order valence-corrected chi connectivity index (χ2v) is 9.59. The Morgan fingerprint density at radius 1 is 1.22 bits per heavy atom. The van der Waals surface area contributed by atoms with Crippen LogP contribution in [-0.2, 0) is 0 Å². The van der Waals surface area contributed by atoms with Crippen LogP contribution in [0.15, 0.2) is 18.3 Å². The number of rotatable bonds is 8. The van der Waals surface area contributed by atoms with Crippen molar-refractivity contribution < 1.29 is 10.2 Å². The monoisotopic (exact) mass is 507 g/mol. The molecule has 3 heterocycles. The lowest BCUT2D eigenvalue weighted by atomic mass is 9.85. The van der Waals surface area contributed by atoms with Gasteiger partial charge in [0.05, 0.1) is 34.2 Å². The number of benzene rings is 1. The van der Waals surface area contributed by atoms with Gasteiger partial charge in [-0.25, -0.2) is 4.98 Å². The first kappa shape index (κ1) is 24.1. The molecule has 3 aromatic rings. The molecular weight excluding hydrogens is 482 g/mol. The number of aliphatic hydroxyl groups is 2. The number of halogens is 1. The van der Waals surface area contributed by atoms with Gasteiger partial charge in [-0.3, -0.25) is 0 Å². The Kier molecular flexibility index (Phi) is 6.79. The third kappa shape index (κ3) is 4.73. The van der Waals surface area contributed by atoms with Crippen molar-refractivity contribution in [1.82, 2.24) is 19.6 Å². The Morgan fingerprint density at radius 3 is 2.61 bits per heavy atom. The van der Waals surface area contributed by atoms with E-state index in [9.17, 15) is 15.5 Å². The lowest BCUT2D eigenvalue weighted by Crippen LogP contribution is -2.38. The maximum Gasteiger partial charge on any atom is 0.275 e. The van der Waals surface area contributed by atoms with E-state index in [1.165, 1.54) is 10.7 Å². The van der Waals surface area contributed by atoms with Crippen LogP contribution in [0.1, 0.15) is 31.2 Å². The van der Waals surface area contributed by atoms with Gasteiger partial charge in [-0.15, -0.1) is 4.52 Å². The van der Waals surface area contributed by atoms with Crippen molar-refractivity contribution in [3.63, 3.8) is 0 Å². The van der Waals surface area contributed by atoms with Crippen molar-refractivity contribution in [1.29, 1.82) is 5.26 Å². The van der Waals surface area contributed by atoms with Crippen molar-refractivity contribution >= 4 is 46.2 Å². The van der Waals surface area contributed by atoms with Crippen LogP contribution in [0.25, 0.3) is 10.5 Å². The fourth-order valence-corrected chi connectivity index (χ4v) is 4.88. The number of aliphatic hydroxyl groups excluding tert-OH is 2. The van der Waals surface area contributed by atoms with Gasteiger partial charge < -0.3 is 30.6 Å². The summed E-state index contributed by atoms with van der Waals surface area (Å²) in [6.45, 7) is 8.74. The zero-order chi connectivity index (χ0) is 25.2. The molecule has 2 aromatic heterocycles. The summed E-state index contributed by atoms with van der Waals surface area (Å²) in [6, 6.07) is 5.93. The van der Waals surface area contributed by atoms with Crippen LogP contribution < -0.4 is 15.5 Å². The molecule has 2 aliphatic rings. The van der Waals surface area contributed by atoms with E-state index in [2.05, 4.69) is 41.5 Å². The normalized spacial score (nSPS) is 16.2. The average molecular weight is 508 g/mol. The van der Waals surface area contributed by atoms with Gasteiger partial charge in [0.15, 0.2) is 5.82 Å². The molecule has 0 bridgehead atoms. The SMILES string of the molecule is [C-]#[N+]c1cnc2c(NC3CC3)nc(Nc3cc(C#N)cc(N4CCC(C(CO)CO)CC4)c3Cl)nn12. The summed E-state index contributed by atoms with van der Waals surface area (Å²) in [7, 11) is 0. The van der Waals surface area contributed by atoms with E-state index in [-0.39, 0.29) is 36.8 Å². The minimum Gasteiger partial charge on any atom is -0.396 e. The predicted molar refractivity (Wildman–Crippen MR) is 136 cm³/mol. The van der Waals surface area contributed by atoms with Crippen LogP contribution >= 0.6 is 11.6 Å². The molecule has 5 rings (SSSR count). The number of hydrogen-bond donors (Lipinski definition) is 4. The average Bonchev–Trinajstić information content (AvgIpc) is 3.62. The van der Waals surface area contributed by atoms with Crippen LogP contribution in [0.3, 0.4) is 0 Å². The highest BCUT2D eigenvalue weighted by atomic mass is 35.5. The highest BCUT2D eigenvalue weighted by Crippen LogP contribution is 2.38. The van der Waals surface area contributed by atoms with E-state index >= 15 is 0 Å². The Hall–Kier alpha value is -3.64. The molecule has 0 spiro atoms. The largest absolute Gasteiger partial charge is 0.396 e. The Bertz CT molecular complexity index is 1350. The number of hydrogen-bond acceptors (Lipinski definition) is 9. The molecule has 0 atom stereocenters. The zero-order valence-corrected chi connectivity index (χ0v) is 20.3. The van der Waals surface area contributed by atoms with Crippen LogP contribution in [0, 0.1) is 29.7 Å². The number of nitrogens with one attached hydrogen (secondary N) is 2. The number of imidazole rings is 1.